The zero-order chi connectivity index (χ0) is 13.9. The molecule has 1 aliphatic heterocycles. The Morgan fingerprint density at radius 1 is 1.25 bits per heavy atom. The Bertz CT molecular complexity index is 500. The number of hydrogen-bond donors (Lipinski definition) is 1. The number of morpholine rings is 1. The molecule has 0 saturated carbocycles. The first-order valence-corrected chi connectivity index (χ1v) is 7.13. The topological polar surface area (TPSA) is 55.6 Å². The van der Waals surface area contributed by atoms with Gasteiger partial charge in [0.2, 0.25) is 5.91 Å². The summed E-state index contributed by atoms with van der Waals surface area (Å²) in [5.41, 5.74) is 6.96. The number of ether oxygens (including phenoxy) is 1. The number of hydrogen-bond acceptors (Lipinski definition) is 3. The maximum atomic E-state index is 12.5. The molecule has 1 amide bonds. The van der Waals surface area contributed by atoms with Gasteiger partial charge in [0, 0.05) is 12.6 Å². The second-order valence-corrected chi connectivity index (χ2v) is 5.45. The van der Waals surface area contributed by atoms with Crippen LogP contribution in [0.15, 0.2) is 42.5 Å². The van der Waals surface area contributed by atoms with Crippen molar-refractivity contribution in [2.24, 2.45) is 11.7 Å². The molecule has 4 nitrogen and oxygen atoms in total. The fraction of sp³-hybridized carbons (Fsp3) is 0.438. The van der Waals surface area contributed by atoms with Gasteiger partial charge in [-0.05, 0) is 12.0 Å². The van der Waals surface area contributed by atoms with Crippen molar-refractivity contribution in [3.8, 4) is 0 Å². The van der Waals surface area contributed by atoms with E-state index in [1.165, 1.54) is 0 Å². The summed E-state index contributed by atoms with van der Waals surface area (Å²) in [5, 5.41) is 0. The second-order valence-electron chi connectivity index (χ2n) is 5.45. The van der Waals surface area contributed by atoms with Crippen molar-refractivity contribution in [1.29, 1.82) is 0 Å². The summed E-state index contributed by atoms with van der Waals surface area (Å²) in [6, 6.07) is 10.1. The fourth-order valence-corrected chi connectivity index (χ4v) is 2.86. The van der Waals surface area contributed by atoms with Gasteiger partial charge in [-0.1, -0.05) is 42.5 Å². The first-order valence-electron chi connectivity index (χ1n) is 7.13. The van der Waals surface area contributed by atoms with Crippen LogP contribution in [0.25, 0.3) is 0 Å². The summed E-state index contributed by atoms with van der Waals surface area (Å²) < 4.78 is 5.79. The van der Waals surface area contributed by atoms with Crippen molar-refractivity contribution in [3.05, 3.63) is 48.0 Å². The minimum absolute atomic E-state index is 0.0204. The van der Waals surface area contributed by atoms with Crippen LogP contribution in [0, 0.1) is 5.92 Å². The highest BCUT2D eigenvalue weighted by Gasteiger charge is 2.31. The summed E-state index contributed by atoms with van der Waals surface area (Å²) in [6.45, 7) is 1.89. The van der Waals surface area contributed by atoms with Crippen LogP contribution in [0.3, 0.4) is 0 Å². The molecule has 2 N–H and O–H groups in total. The van der Waals surface area contributed by atoms with Crippen LogP contribution in [0.4, 0.5) is 0 Å². The van der Waals surface area contributed by atoms with Crippen molar-refractivity contribution in [2.75, 3.05) is 19.7 Å². The quantitative estimate of drug-likeness (QED) is 0.830. The molecule has 0 aromatic heterocycles. The molecule has 1 fully saturated rings. The first-order chi connectivity index (χ1) is 9.74. The standard InChI is InChI=1S/C16H20N2O2/c17-14-7-6-13(10-14)16(19)18-8-9-20-15(11-18)12-4-2-1-3-5-12/h1-7,13-15H,8-11,17H2. The molecule has 20 heavy (non-hydrogen) atoms. The Kier molecular flexibility index (Phi) is 3.85. The van der Waals surface area contributed by atoms with Gasteiger partial charge in [-0.3, -0.25) is 4.79 Å². The number of nitrogens with two attached hydrogens (primary N) is 1. The monoisotopic (exact) mass is 272 g/mol. The van der Waals surface area contributed by atoms with Crippen LogP contribution < -0.4 is 5.73 Å². The average Bonchev–Trinajstić information content (AvgIpc) is 2.94. The molecule has 1 aromatic carbocycles. The summed E-state index contributed by atoms with van der Waals surface area (Å²) in [6.07, 6.45) is 4.58. The van der Waals surface area contributed by atoms with E-state index < -0.39 is 0 Å². The minimum atomic E-state index is -0.0560. The van der Waals surface area contributed by atoms with Crippen molar-refractivity contribution in [1.82, 2.24) is 4.90 Å². The predicted octanol–water partition coefficient (Wildman–Crippen LogP) is 1.49. The van der Waals surface area contributed by atoms with E-state index in [0.717, 1.165) is 12.0 Å². The lowest BCUT2D eigenvalue weighted by Crippen LogP contribution is -2.44. The lowest BCUT2D eigenvalue weighted by atomic mass is 10.0. The average molecular weight is 272 g/mol. The predicted molar refractivity (Wildman–Crippen MR) is 76.9 cm³/mol. The molecule has 4 heteroatoms. The van der Waals surface area contributed by atoms with Gasteiger partial charge < -0.3 is 15.4 Å². The molecule has 2 aliphatic rings. The molecule has 3 atom stereocenters. The Labute approximate surface area is 119 Å². The Hall–Kier alpha value is -1.65. The number of carbonyl (C=O) groups excluding carboxylic acids is 1. The smallest absolute Gasteiger partial charge is 0.229 e. The van der Waals surface area contributed by atoms with E-state index in [1.807, 2.05) is 47.4 Å². The van der Waals surface area contributed by atoms with E-state index in [9.17, 15) is 4.79 Å². The fourth-order valence-electron chi connectivity index (χ4n) is 2.86. The Balaban J connectivity index is 1.66. The molecule has 1 heterocycles. The number of amides is 1. The summed E-state index contributed by atoms with van der Waals surface area (Å²) in [5.74, 6) is 0.123. The molecule has 0 bridgehead atoms. The highest BCUT2D eigenvalue weighted by Crippen LogP contribution is 2.25. The molecular formula is C16H20N2O2. The Morgan fingerprint density at radius 3 is 2.75 bits per heavy atom. The molecule has 0 spiro atoms. The van der Waals surface area contributed by atoms with Gasteiger partial charge in [-0.2, -0.15) is 0 Å². The molecule has 1 aromatic rings. The van der Waals surface area contributed by atoms with E-state index in [4.69, 9.17) is 10.5 Å². The van der Waals surface area contributed by atoms with Gasteiger partial charge in [0.15, 0.2) is 0 Å². The van der Waals surface area contributed by atoms with Gasteiger partial charge in [-0.25, -0.2) is 0 Å². The van der Waals surface area contributed by atoms with Crippen molar-refractivity contribution >= 4 is 5.91 Å². The second kappa shape index (κ2) is 5.77. The third kappa shape index (κ3) is 2.76. The molecule has 1 aliphatic carbocycles. The van der Waals surface area contributed by atoms with E-state index in [0.29, 0.717) is 19.7 Å². The zero-order valence-electron chi connectivity index (χ0n) is 11.4. The third-order valence-corrected chi connectivity index (χ3v) is 3.98. The van der Waals surface area contributed by atoms with Gasteiger partial charge in [0.05, 0.1) is 19.1 Å². The van der Waals surface area contributed by atoms with Crippen LogP contribution in [0.1, 0.15) is 18.1 Å². The number of rotatable bonds is 2. The Morgan fingerprint density at radius 2 is 2.05 bits per heavy atom. The third-order valence-electron chi connectivity index (χ3n) is 3.98. The van der Waals surface area contributed by atoms with Crippen molar-refractivity contribution in [3.63, 3.8) is 0 Å². The van der Waals surface area contributed by atoms with Crippen LogP contribution in [0.2, 0.25) is 0 Å². The summed E-state index contributed by atoms with van der Waals surface area (Å²) >= 11 is 0. The highest BCUT2D eigenvalue weighted by molar-refractivity contribution is 5.81. The van der Waals surface area contributed by atoms with Gasteiger partial charge in [0.25, 0.3) is 0 Å². The van der Waals surface area contributed by atoms with Crippen LogP contribution >= 0.6 is 0 Å². The van der Waals surface area contributed by atoms with E-state index in [-0.39, 0.29) is 24.0 Å². The SMILES string of the molecule is NC1C=CC(C(=O)N2CCOC(c3ccccc3)C2)C1. The summed E-state index contributed by atoms with van der Waals surface area (Å²) in [4.78, 5) is 14.4. The van der Waals surface area contributed by atoms with Crippen molar-refractivity contribution in [2.45, 2.75) is 18.6 Å². The molecular weight excluding hydrogens is 252 g/mol. The lowest BCUT2D eigenvalue weighted by molar-refractivity contribution is -0.141. The minimum Gasteiger partial charge on any atom is -0.370 e. The van der Waals surface area contributed by atoms with Gasteiger partial charge >= 0.3 is 0 Å². The van der Waals surface area contributed by atoms with E-state index in [2.05, 4.69) is 0 Å². The highest BCUT2D eigenvalue weighted by atomic mass is 16.5. The van der Waals surface area contributed by atoms with Crippen molar-refractivity contribution < 1.29 is 9.53 Å². The lowest BCUT2D eigenvalue weighted by Gasteiger charge is -2.34. The molecule has 0 radical (unpaired) electrons. The molecule has 3 unspecified atom stereocenters. The number of carbonyl (C=O) groups is 1. The zero-order valence-corrected chi connectivity index (χ0v) is 11.4. The largest absolute Gasteiger partial charge is 0.370 e. The van der Waals surface area contributed by atoms with Gasteiger partial charge in [0.1, 0.15) is 6.10 Å². The maximum absolute atomic E-state index is 12.5. The van der Waals surface area contributed by atoms with Crippen LogP contribution in [0.5, 0.6) is 0 Å². The first kappa shape index (κ1) is 13.3. The van der Waals surface area contributed by atoms with Crippen LogP contribution in [-0.4, -0.2) is 36.5 Å². The van der Waals surface area contributed by atoms with E-state index >= 15 is 0 Å². The maximum Gasteiger partial charge on any atom is 0.229 e. The van der Waals surface area contributed by atoms with Gasteiger partial charge in [-0.15, -0.1) is 0 Å². The molecule has 1 saturated heterocycles. The number of nitrogens with zero attached hydrogens (tertiary/aromatic N) is 1. The summed E-state index contributed by atoms with van der Waals surface area (Å²) in [7, 11) is 0. The molecule has 3 rings (SSSR count). The normalized spacial score (nSPS) is 29.6. The van der Waals surface area contributed by atoms with E-state index in [1.54, 1.807) is 0 Å². The molecule has 106 valence electrons. The van der Waals surface area contributed by atoms with Crippen LogP contribution in [-0.2, 0) is 9.53 Å². The number of benzene rings is 1.